The third kappa shape index (κ3) is 4.56. The molecular weight excluding hydrogens is 223 g/mol. The molecule has 0 aliphatic carbocycles. The minimum absolute atomic E-state index is 0.0509. The standard InChI is InChI=1S/C7H17N2O5P/c1-8-2-3-9(4-5-10)7(6-8)14-15(11,12)13/h7,10H,2-6H2,1H3,(H2,11,12,13). The van der Waals surface area contributed by atoms with Gasteiger partial charge in [-0.15, -0.1) is 0 Å². The molecule has 0 bridgehead atoms. The second kappa shape index (κ2) is 5.36. The lowest BCUT2D eigenvalue weighted by Gasteiger charge is -2.38. The molecule has 1 aliphatic rings. The number of aliphatic hydroxyl groups is 1. The van der Waals surface area contributed by atoms with E-state index in [0.717, 1.165) is 6.54 Å². The van der Waals surface area contributed by atoms with Crippen molar-refractivity contribution in [2.45, 2.75) is 6.23 Å². The van der Waals surface area contributed by atoms with E-state index in [9.17, 15) is 4.57 Å². The van der Waals surface area contributed by atoms with E-state index in [4.69, 9.17) is 14.9 Å². The smallest absolute Gasteiger partial charge is 0.395 e. The summed E-state index contributed by atoms with van der Waals surface area (Å²) in [5, 5.41) is 8.80. The number of likely N-dealkylation sites (N-methyl/N-ethyl adjacent to an activating group) is 1. The summed E-state index contributed by atoms with van der Waals surface area (Å²) in [6, 6.07) is 0. The Morgan fingerprint density at radius 2 is 2.13 bits per heavy atom. The fourth-order valence-corrected chi connectivity index (χ4v) is 2.08. The first kappa shape index (κ1) is 13.1. The van der Waals surface area contributed by atoms with Crippen LogP contribution in [0.25, 0.3) is 0 Å². The van der Waals surface area contributed by atoms with E-state index in [2.05, 4.69) is 4.52 Å². The number of aliphatic hydroxyl groups excluding tert-OH is 1. The zero-order valence-corrected chi connectivity index (χ0v) is 9.51. The highest BCUT2D eigenvalue weighted by Crippen LogP contribution is 2.38. The fraction of sp³-hybridized carbons (Fsp3) is 1.00. The molecule has 0 saturated carbocycles. The summed E-state index contributed by atoms with van der Waals surface area (Å²) in [6.45, 7) is 2.15. The fourth-order valence-electron chi connectivity index (χ4n) is 1.56. The van der Waals surface area contributed by atoms with Crippen molar-refractivity contribution < 1.29 is 24.0 Å². The van der Waals surface area contributed by atoms with Crippen molar-refractivity contribution in [3.05, 3.63) is 0 Å². The molecule has 0 amide bonds. The number of piperazine rings is 1. The van der Waals surface area contributed by atoms with Gasteiger partial charge in [-0.3, -0.25) is 9.42 Å². The van der Waals surface area contributed by atoms with Crippen molar-refractivity contribution in [2.75, 3.05) is 39.8 Å². The number of hydrogen-bond acceptors (Lipinski definition) is 5. The van der Waals surface area contributed by atoms with Crippen molar-refractivity contribution >= 4 is 7.82 Å². The molecule has 0 aromatic rings. The van der Waals surface area contributed by atoms with Gasteiger partial charge < -0.3 is 19.8 Å². The average Bonchev–Trinajstić information content (AvgIpc) is 2.07. The molecule has 1 aliphatic heterocycles. The first-order chi connectivity index (χ1) is 6.92. The van der Waals surface area contributed by atoms with Crippen LogP contribution in [-0.2, 0) is 9.09 Å². The van der Waals surface area contributed by atoms with E-state index in [-0.39, 0.29) is 6.61 Å². The Bertz CT molecular complexity index is 246. The number of β-amino-alcohol motifs (C(OH)–C–C–N with tert-alkyl or cyclic N) is 1. The van der Waals surface area contributed by atoms with Crippen LogP contribution in [0.1, 0.15) is 0 Å². The molecule has 7 nitrogen and oxygen atoms in total. The Balaban J connectivity index is 2.57. The first-order valence-corrected chi connectivity index (χ1v) is 6.23. The Morgan fingerprint density at radius 3 is 2.67 bits per heavy atom. The summed E-state index contributed by atoms with van der Waals surface area (Å²) in [5.74, 6) is 0. The van der Waals surface area contributed by atoms with E-state index in [1.807, 2.05) is 11.9 Å². The minimum atomic E-state index is -4.47. The molecule has 0 radical (unpaired) electrons. The monoisotopic (exact) mass is 240 g/mol. The molecule has 1 atom stereocenters. The Labute approximate surface area is 88.5 Å². The maximum absolute atomic E-state index is 10.7. The lowest BCUT2D eigenvalue weighted by atomic mass is 10.3. The minimum Gasteiger partial charge on any atom is -0.395 e. The van der Waals surface area contributed by atoms with Crippen LogP contribution in [0.15, 0.2) is 0 Å². The van der Waals surface area contributed by atoms with E-state index < -0.39 is 14.1 Å². The molecule has 1 rings (SSSR count). The van der Waals surface area contributed by atoms with Crippen LogP contribution >= 0.6 is 7.82 Å². The Hall–Kier alpha value is -0.0100. The van der Waals surface area contributed by atoms with Crippen molar-refractivity contribution in [1.29, 1.82) is 0 Å². The van der Waals surface area contributed by atoms with Gasteiger partial charge in [0.1, 0.15) is 6.23 Å². The average molecular weight is 240 g/mol. The van der Waals surface area contributed by atoms with Gasteiger partial charge in [-0.2, -0.15) is 0 Å². The summed E-state index contributed by atoms with van der Waals surface area (Å²) in [5.41, 5.74) is 0. The summed E-state index contributed by atoms with van der Waals surface area (Å²) >= 11 is 0. The summed E-state index contributed by atoms with van der Waals surface area (Å²) in [4.78, 5) is 21.1. The van der Waals surface area contributed by atoms with Crippen molar-refractivity contribution in [3.63, 3.8) is 0 Å². The van der Waals surface area contributed by atoms with E-state index >= 15 is 0 Å². The summed E-state index contributed by atoms with van der Waals surface area (Å²) in [7, 11) is -2.62. The van der Waals surface area contributed by atoms with Gasteiger partial charge in [0.15, 0.2) is 0 Å². The molecular formula is C7H17N2O5P. The SMILES string of the molecule is CN1CCN(CCO)C(OP(=O)(O)O)C1. The van der Waals surface area contributed by atoms with Gasteiger partial charge >= 0.3 is 7.82 Å². The molecule has 0 aromatic heterocycles. The number of phosphoric acid groups is 1. The summed E-state index contributed by atoms with van der Waals surface area (Å²) in [6.07, 6.45) is -0.656. The number of rotatable bonds is 4. The quantitative estimate of drug-likeness (QED) is 0.524. The highest BCUT2D eigenvalue weighted by Gasteiger charge is 2.31. The van der Waals surface area contributed by atoms with Gasteiger partial charge in [-0.1, -0.05) is 0 Å². The number of phosphoric ester groups is 1. The number of nitrogens with zero attached hydrogens (tertiary/aromatic N) is 2. The predicted octanol–water partition coefficient (Wildman–Crippen LogP) is -1.34. The lowest BCUT2D eigenvalue weighted by molar-refractivity contribution is -0.0512. The van der Waals surface area contributed by atoms with Crippen LogP contribution in [0, 0.1) is 0 Å². The van der Waals surface area contributed by atoms with Crippen LogP contribution < -0.4 is 0 Å². The van der Waals surface area contributed by atoms with Crippen LogP contribution in [-0.4, -0.2) is 70.8 Å². The molecule has 1 unspecified atom stereocenters. The largest absolute Gasteiger partial charge is 0.471 e. The molecule has 1 saturated heterocycles. The second-order valence-corrected chi connectivity index (χ2v) is 4.76. The first-order valence-electron chi connectivity index (χ1n) is 4.70. The van der Waals surface area contributed by atoms with Crippen LogP contribution in [0.3, 0.4) is 0 Å². The van der Waals surface area contributed by atoms with E-state index in [1.165, 1.54) is 0 Å². The topological polar surface area (TPSA) is 93.5 Å². The third-order valence-corrected chi connectivity index (χ3v) is 2.81. The summed E-state index contributed by atoms with van der Waals surface area (Å²) < 4.78 is 15.4. The van der Waals surface area contributed by atoms with Gasteiger partial charge in [0.2, 0.25) is 0 Å². The third-order valence-electron chi connectivity index (χ3n) is 2.29. The van der Waals surface area contributed by atoms with E-state index in [1.54, 1.807) is 4.90 Å². The molecule has 8 heteroatoms. The van der Waals surface area contributed by atoms with Gasteiger partial charge in [0.25, 0.3) is 0 Å². The zero-order chi connectivity index (χ0) is 11.5. The Kier molecular flexibility index (Phi) is 4.66. The molecule has 1 heterocycles. The molecule has 3 N–H and O–H groups in total. The maximum atomic E-state index is 10.7. The normalized spacial score (nSPS) is 25.7. The molecule has 15 heavy (non-hydrogen) atoms. The van der Waals surface area contributed by atoms with E-state index in [0.29, 0.717) is 19.6 Å². The van der Waals surface area contributed by atoms with Crippen molar-refractivity contribution in [3.8, 4) is 0 Å². The van der Waals surface area contributed by atoms with Gasteiger partial charge in [-0.05, 0) is 7.05 Å². The van der Waals surface area contributed by atoms with Crippen molar-refractivity contribution in [2.24, 2.45) is 0 Å². The predicted molar refractivity (Wildman–Crippen MR) is 53.1 cm³/mol. The number of hydrogen-bond donors (Lipinski definition) is 3. The van der Waals surface area contributed by atoms with Crippen LogP contribution in [0.5, 0.6) is 0 Å². The highest BCUT2D eigenvalue weighted by molar-refractivity contribution is 7.46. The lowest BCUT2D eigenvalue weighted by Crippen LogP contribution is -2.53. The van der Waals surface area contributed by atoms with Crippen LogP contribution in [0.4, 0.5) is 0 Å². The Morgan fingerprint density at radius 1 is 1.47 bits per heavy atom. The molecule has 1 fully saturated rings. The highest BCUT2D eigenvalue weighted by atomic mass is 31.2. The maximum Gasteiger partial charge on any atom is 0.471 e. The zero-order valence-electron chi connectivity index (χ0n) is 8.61. The van der Waals surface area contributed by atoms with Gasteiger partial charge in [0, 0.05) is 26.2 Å². The van der Waals surface area contributed by atoms with Gasteiger partial charge in [0.05, 0.1) is 6.61 Å². The second-order valence-electron chi connectivity index (χ2n) is 3.57. The molecule has 90 valence electrons. The van der Waals surface area contributed by atoms with Crippen LogP contribution in [0.2, 0.25) is 0 Å². The molecule has 0 spiro atoms. The van der Waals surface area contributed by atoms with Crippen molar-refractivity contribution in [1.82, 2.24) is 9.80 Å². The molecule has 0 aromatic carbocycles. The van der Waals surface area contributed by atoms with Gasteiger partial charge in [-0.25, -0.2) is 4.57 Å².